The third-order valence-electron chi connectivity index (χ3n) is 6.66. The van der Waals surface area contributed by atoms with Crippen molar-refractivity contribution in [2.75, 3.05) is 19.6 Å². The van der Waals surface area contributed by atoms with E-state index in [-0.39, 0.29) is 11.5 Å². The molecule has 4 aromatic rings. The maximum Gasteiger partial charge on any atom is 0.276 e. The van der Waals surface area contributed by atoms with Crippen molar-refractivity contribution >= 4 is 22.6 Å². The Morgan fingerprint density at radius 1 is 1.06 bits per heavy atom. The number of nitrogens with one attached hydrogen (secondary N) is 1. The number of rotatable bonds is 7. The van der Waals surface area contributed by atoms with Gasteiger partial charge >= 0.3 is 0 Å². The molecule has 33 heavy (non-hydrogen) atoms. The Bertz CT molecular complexity index is 1330. The summed E-state index contributed by atoms with van der Waals surface area (Å²) >= 11 is 0. The minimum atomic E-state index is -0.0832. The van der Waals surface area contributed by atoms with E-state index >= 15 is 0 Å². The summed E-state index contributed by atoms with van der Waals surface area (Å²) in [5, 5.41) is 3.04. The highest BCUT2D eigenvalue weighted by Gasteiger charge is 2.18. The normalized spacial score (nSPS) is 15.3. The van der Waals surface area contributed by atoms with E-state index in [9.17, 15) is 9.59 Å². The van der Waals surface area contributed by atoms with Gasteiger partial charge in [-0.15, -0.1) is 0 Å². The van der Waals surface area contributed by atoms with Crippen LogP contribution in [-0.2, 0) is 6.54 Å². The lowest BCUT2D eigenvalue weighted by Gasteiger charge is -2.23. The molecule has 1 aliphatic heterocycles. The van der Waals surface area contributed by atoms with Gasteiger partial charge in [-0.2, -0.15) is 0 Å². The van der Waals surface area contributed by atoms with E-state index in [2.05, 4.69) is 22.1 Å². The molecule has 5 rings (SSSR count). The third-order valence-corrected chi connectivity index (χ3v) is 6.66. The summed E-state index contributed by atoms with van der Waals surface area (Å²) in [4.78, 5) is 32.6. The molecule has 0 bridgehead atoms. The first-order valence-electron chi connectivity index (χ1n) is 11.7. The van der Waals surface area contributed by atoms with E-state index in [1.165, 1.54) is 25.9 Å². The Balaban J connectivity index is 1.28. The van der Waals surface area contributed by atoms with E-state index in [0.717, 1.165) is 17.5 Å². The van der Waals surface area contributed by atoms with Gasteiger partial charge in [0, 0.05) is 30.5 Å². The number of aromatic nitrogens is 3. The second-order valence-electron chi connectivity index (χ2n) is 8.83. The summed E-state index contributed by atoms with van der Waals surface area (Å²) in [5.74, 6) is -0.0611. The van der Waals surface area contributed by atoms with E-state index in [1.54, 1.807) is 10.8 Å². The molecule has 1 aromatic carbocycles. The number of amides is 1. The number of carbonyl (C=O) groups excluding carboxylic acids is 1. The van der Waals surface area contributed by atoms with Crippen molar-refractivity contribution in [1.29, 1.82) is 0 Å². The average molecular weight is 444 g/mol. The minimum Gasteiger partial charge on any atom is -0.352 e. The van der Waals surface area contributed by atoms with Crippen molar-refractivity contribution in [3.05, 3.63) is 82.4 Å². The maximum absolute atomic E-state index is 13.1. The zero-order chi connectivity index (χ0) is 22.8. The molecule has 1 atom stereocenters. The zero-order valence-electron chi connectivity index (χ0n) is 18.9. The largest absolute Gasteiger partial charge is 0.352 e. The lowest BCUT2D eigenvalue weighted by atomic mass is 10.1. The Hall–Kier alpha value is -3.45. The molecule has 0 aliphatic carbocycles. The maximum atomic E-state index is 13.1. The lowest BCUT2D eigenvalue weighted by Crippen LogP contribution is -2.34. The van der Waals surface area contributed by atoms with Crippen molar-refractivity contribution in [3.63, 3.8) is 0 Å². The van der Waals surface area contributed by atoms with Crippen LogP contribution in [-0.4, -0.2) is 50.4 Å². The fourth-order valence-corrected chi connectivity index (χ4v) is 4.74. The van der Waals surface area contributed by atoms with Gasteiger partial charge in [-0.25, -0.2) is 4.98 Å². The molecule has 1 fully saturated rings. The molecule has 0 radical (unpaired) electrons. The van der Waals surface area contributed by atoms with Crippen LogP contribution >= 0.6 is 0 Å². The summed E-state index contributed by atoms with van der Waals surface area (Å²) in [6, 6.07) is 15.5. The molecule has 0 unspecified atom stereocenters. The van der Waals surface area contributed by atoms with Gasteiger partial charge < -0.3 is 14.6 Å². The van der Waals surface area contributed by atoms with Gasteiger partial charge in [-0.05, 0) is 81.2 Å². The molecule has 1 aliphatic rings. The summed E-state index contributed by atoms with van der Waals surface area (Å²) in [6.45, 7) is 5.63. The van der Waals surface area contributed by atoms with Gasteiger partial charge in [0.2, 0.25) is 0 Å². The minimum absolute atomic E-state index is 0.0611. The number of benzene rings is 1. The highest BCUT2D eigenvalue weighted by molar-refractivity contribution is 5.94. The monoisotopic (exact) mass is 443 g/mol. The van der Waals surface area contributed by atoms with Gasteiger partial charge in [0.15, 0.2) is 5.65 Å². The SMILES string of the molecule is C[C@@H](CCNC(=O)c1ccc(Cn2c(=O)c3cccn3c3cccnc32)cc1)N1CCCC1. The number of nitrogens with zero attached hydrogens (tertiary/aromatic N) is 4. The van der Waals surface area contributed by atoms with Crippen molar-refractivity contribution in [2.45, 2.75) is 38.8 Å². The van der Waals surface area contributed by atoms with Crippen molar-refractivity contribution in [3.8, 4) is 0 Å². The second-order valence-corrected chi connectivity index (χ2v) is 8.83. The molecular formula is C26H29N5O2. The van der Waals surface area contributed by atoms with Crippen LogP contribution in [0.4, 0.5) is 0 Å². The average Bonchev–Trinajstić information content (AvgIpc) is 3.55. The molecule has 0 saturated carbocycles. The Labute approximate surface area is 192 Å². The summed E-state index contributed by atoms with van der Waals surface area (Å²) in [6.07, 6.45) is 7.09. The molecule has 3 aromatic heterocycles. The molecule has 4 heterocycles. The molecule has 7 heteroatoms. The fourth-order valence-electron chi connectivity index (χ4n) is 4.74. The fraction of sp³-hybridized carbons (Fsp3) is 0.346. The Morgan fingerprint density at radius 2 is 1.82 bits per heavy atom. The number of hydrogen-bond donors (Lipinski definition) is 1. The topological polar surface area (TPSA) is 71.6 Å². The number of fused-ring (bicyclic) bond motifs is 3. The molecule has 1 saturated heterocycles. The molecule has 7 nitrogen and oxygen atoms in total. The predicted molar refractivity (Wildman–Crippen MR) is 130 cm³/mol. The molecular weight excluding hydrogens is 414 g/mol. The number of likely N-dealkylation sites (tertiary alicyclic amines) is 1. The van der Waals surface area contributed by atoms with Crippen LogP contribution in [0.1, 0.15) is 42.1 Å². The van der Waals surface area contributed by atoms with E-state index in [0.29, 0.717) is 35.9 Å². The smallest absolute Gasteiger partial charge is 0.276 e. The Kier molecular flexibility index (Phi) is 5.96. The summed E-state index contributed by atoms with van der Waals surface area (Å²) in [7, 11) is 0. The highest BCUT2D eigenvalue weighted by Crippen LogP contribution is 2.15. The van der Waals surface area contributed by atoms with Gasteiger partial charge in [0.05, 0.1) is 12.1 Å². The highest BCUT2D eigenvalue weighted by atomic mass is 16.1. The standard InChI is InChI=1S/C26H29N5O2/c1-19(29-15-2-3-16-29)12-14-28-25(32)21-10-8-20(9-11-21)18-31-24-22(6-4-13-27-24)30-17-5-7-23(30)26(31)33/h4-11,13,17,19H,2-3,12,14-16,18H2,1H3,(H,28,32)/t19-/m0/s1. The van der Waals surface area contributed by atoms with Crippen molar-refractivity contribution < 1.29 is 4.79 Å². The van der Waals surface area contributed by atoms with Crippen LogP contribution in [0.5, 0.6) is 0 Å². The van der Waals surface area contributed by atoms with Gasteiger partial charge in [0.1, 0.15) is 5.52 Å². The third kappa shape index (κ3) is 4.28. The first-order chi connectivity index (χ1) is 16.1. The number of hydrogen-bond acceptors (Lipinski definition) is 4. The first kappa shape index (κ1) is 21.4. The lowest BCUT2D eigenvalue weighted by molar-refractivity contribution is 0.0949. The van der Waals surface area contributed by atoms with Gasteiger partial charge in [-0.1, -0.05) is 12.1 Å². The molecule has 0 spiro atoms. The van der Waals surface area contributed by atoms with Gasteiger partial charge in [0.25, 0.3) is 11.5 Å². The van der Waals surface area contributed by atoms with E-state index in [4.69, 9.17) is 0 Å². The first-order valence-corrected chi connectivity index (χ1v) is 11.7. The molecule has 1 N–H and O–H groups in total. The second kappa shape index (κ2) is 9.19. The Morgan fingerprint density at radius 3 is 2.61 bits per heavy atom. The summed E-state index contributed by atoms with van der Waals surface area (Å²) in [5.41, 5.74) is 3.63. The van der Waals surface area contributed by atoms with E-state index in [1.807, 2.05) is 59.1 Å². The van der Waals surface area contributed by atoms with Crippen LogP contribution in [0.3, 0.4) is 0 Å². The van der Waals surface area contributed by atoms with Crippen LogP contribution < -0.4 is 10.9 Å². The van der Waals surface area contributed by atoms with Crippen LogP contribution in [0.25, 0.3) is 16.7 Å². The summed E-state index contributed by atoms with van der Waals surface area (Å²) < 4.78 is 3.57. The van der Waals surface area contributed by atoms with E-state index < -0.39 is 0 Å². The van der Waals surface area contributed by atoms with Gasteiger partial charge in [-0.3, -0.25) is 14.2 Å². The predicted octanol–water partition coefficient (Wildman–Crippen LogP) is 3.30. The number of carbonyl (C=O) groups is 1. The number of pyridine rings is 1. The van der Waals surface area contributed by atoms with Crippen LogP contribution in [0.2, 0.25) is 0 Å². The zero-order valence-corrected chi connectivity index (χ0v) is 18.9. The van der Waals surface area contributed by atoms with Crippen LogP contribution in [0, 0.1) is 0 Å². The van der Waals surface area contributed by atoms with Crippen molar-refractivity contribution in [2.24, 2.45) is 0 Å². The van der Waals surface area contributed by atoms with Crippen molar-refractivity contribution in [1.82, 2.24) is 24.2 Å². The molecule has 170 valence electrons. The quantitative estimate of drug-likeness (QED) is 0.476. The molecule has 1 amide bonds. The van der Waals surface area contributed by atoms with Crippen LogP contribution in [0.15, 0.2) is 65.7 Å².